The van der Waals surface area contributed by atoms with Gasteiger partial charge in [-0.2, -0.15) is 13.2 Å². The van der Waals surface area contributed by atoms with Crippen molar-refractivity contribution in [3.63, 3.8) is 0 Å². The Balaban J connectivity index is 1.76. The second-order valence-corrected chi connectivity index (χ2v) is 11.7. The molecule has 2 atom stereocenters. The lowest BCUT2D eigenvalue weighted by Gasteiger charge is -2.21. The molecule has 1 heterocycles. The van der Waals surface area contributed by atoms with Crippen molar-refractivity contribution in [1.82, 2.24) is 0 Å². The molecule has 13 heteroatoms. The van der Waals surface area contributed by atoms with E-state index in [4.69, 9.17) is 26.1 Å². The molecule has 1 aromatic carbocycles. The van der Waals surface area contributed by atoms with E-state index in [0.717, 1.165) is 13.5 Å². The molecular formula is C35H39F3O9S. The zero-order valence-electron chi connectivity index (χ0n) is 26.9. The molecule has 0 spiro atoms. The van der Waals surface area contributed by atoms with E-state index >= 15 is 0 Å². The summed E-state index contributed by atoms with van der Waals surface area (Å²) in [6.07, 6.45) is 3.21. The number of aliphatic hydroxyl groups is 1. The van der Waals surface area contributed by atoms with Crippen LogP contribution in [0.4, 0.5) is 18.0 Å². The van der Waals surface area contributed by atoms with Crippen LogP contribution in [0.2, 0.25) is 0 Å². The van der Waals surface area contributed by atoms with Gasteiger partial charge in [0, 0.05) is 29.2 Å². The number of aliphatic hydroxyl groups excluding tert-OH is 1. The first-order chi connectivity index (χ1) is 22.8. The first-order valence-corrected chi connectivity index (χ1v) is 15.9. The number of Topliss-reactive ketones (excluding diaryl/α,β-unsaturated/α-hetero) is 1. The number of alkyl halides is 3. The Labute approximate surface area is 281 Å². The van der Waals surface area contributed by atoms with E-state index < -0.39 is 48.6 Å². The summed E-state index contributed by atoms with van der Waals surface area (Å²) in [6.45, 7) is 3.71. The second kappa shape index (κ2) is 17.8. The number of methoxy groups -OCH3 is 1. The minimum Gasteiger partial charge on any atom is -0.507 e. The van der Waals surface area contributed by atoms with Crippen molar-refractivity contribution in [2.45, 2.75) is 83.4 Å². The maximum atomic E-state index is 13.6. The summed E-state index contributed by atoms with van der Waals surface area (Å²) in [5, 5.41) is 21.5. The van der Waals surface area contributed by atoms with Crippen LogP contribution in [0, 0.1) is 0 Å². The number of phenolic OH excluding ortho intramolecular Hbond substituents is 1. The van der Waals surface area contributed by atoms with E-state index in [1.165, 1.54) is 31.2 Å². The molecule has 260 valence electrons. The molecule has 0 radical (unpaired) electrons. The fourth-order valence-electron chi connectivity index (χ4n) is 5.09. The zero-order chi connectivity index (χ0) is 35.4. The molecule has 1 aliphatic carbocycles. The first-order valence-electron chi connectivity index (χ1n) is 15.5. The third kappa shape index (κ3) is 10.6. The standard InChI is InChI=1S/C35H39F3O9S/c1-4-11-25-28(16-15-23(21(2)39)31(25)41)45-19-10-8-6-5-7-9-12-24(27(40)17-18-35(36,37)38)30-32(42)26-14-13-22(48)20-29(26)46-33(30)47-34(43)44-3/h5,7,9,12,14-16,20,24,27,40-41H,4,6,8,10-11,13,17-19H2,1-3H3/b7-5-,12-9+/t24-,27-/m1/s1. The van der Waals surface area contributed by atoms with Crippen molar-refractivity contribution in [2.75, 3.05) is 13.7 Å². The van der Waals surface area contributed by atoms with Gasteiger partial charge in [0.2, 0.25) is 0 Å². The smallest absolute Gasteiger partial charge is 0.507 e. The van der Waals surface area contributed by atoms with Gasteiger partial charge in [0.25, 0.3) is 0 Å². The van der Waals surface area contributed by atoms with Gasteiger partial charge in [-0.1, -0.05) is 55.9 Å². The normalized spacial score (nSPS) is 14.3. The Hall–Kier alpha value is -4.23. The van der Waals surface area contributed by atoms with Crippen LogP contribution in [0.1, 0.15) is 86.2 Å². The number of ether oxygens (including phenoxy) is 3. The third-order valence-corrected chi connectivity index (χ3v) is 7.78. The minimum absolute atomic E-state index is 0.0155. The highest BCUT2D eigenvalue weighted by atomic mass is 32.1. The molecule has 0 aliphatic heterocycles. The molecule has 9 nitrogen and oxygen atoms in total. The van der Waals surface area contributed by atoms with Gasteiger partial charge in [-0.25, -0.2) is 4.79 Å². The highest BCUT2D eigenvalue weighted by molar-refractivity contribution is 7.81. The van der Waals surface area contributed by atoms with Crippen LogP contribution in [-0.2, 0) is 11.2 Å². The lowest BCUT2D eigenvalue weighted by Crippen LogP contribution is -2.44. The van der Waals surface area contributed by atoms with Gasteiger partial charge >= 0.3 is 18.3 Å². The highest BCUT2D eigenvalue weighted by Crippen LogP contribution is 2.34. The molecular weight excluding hydrogens is 653 g/mol. The SMILES string of the molecule is CCCc1c(OCCCC/C=C\C=C\[C@@H](c2c(OC(=O)OC)oc3c(c2=O)=CCC(=S)C=3)[C@H](O)CCC(F)(F)F)ccc(C(C)=O)c1O. The number of hydrogen-bond donors (Lipinski definition) is 2. The average molecular weight is 693 g/mol. The van der Waals surface area contributed by atoms with Crippen LogP contribution in [0.5, 0.6) is 17.4 Å². The summed E-state index contributed by atoms with van der Waals surface area (Å²) in [5.74, 6) is -1.72. The largest absolute Gasteiger partial charge is 0.516 e. The number of hydrogen-bond acceptors (Lipinski definition) is 10. The van der Waals surface area contributed by atoms with E-state index in [9.17, 15) is 37.8 Å². The number of unbranched alkanes of at least 4 members (excludes halogenated alkanes) is 2. The van der Waals surface area contributed by atoms with Crippen LogP contribution in [0.15, 0.2) is 45.6 Å². The maximum Gasteiger partial charge on any atom is 0.516 e. The Morgan fingerprint density at radius 1 is 1.19 bits per heavy atom. The molecule has 0 saturated carbocycles. The molecule has 0 saturated heterocycles. The summed E-state index contributed by atoms with van der Waals surface area (Å²) >= 11 is 5.17. The van der Waals surface area contributed by atoms with Crippen molar-refractivity contribution in [3.8, 4) is 17.4 Å². The topological polar surface area (TPSA) is 132 Å². The zero-order valence-corrected chi connectivity index (χ0v) is 27.7. The van der Waals surface area contributed by atoms with Crippen molar-refractivity contribution < 1.29 is 51.6 Å². The predicted octanol–water partition coefficient (Wildman–Crippen LogP) is 6.13. The average Bonchev–Trinajstić information content (AvgIpc) is 3.02. The summed E-state index contributed by atoms with van der Waals surface area (Å²) < 4.78 is 60.3. The summed E-state index contributed by atoms with van der Waals surface area (Å²) in [6, 6.07) is 3.22. The predicted molar refractivity (Wildman–Crippen MR) is 177 cm³/mol. The van der Waals surface area contributed by atoms with Crippen LogP contribution < -0.4 is 25.5 Å². The number of phenols is 1. The van der Waals surface area contributed by atoms with Gasteiger partial charge in [-0.05, 0) is 57.2 Å². The van der Waals surface area contributed by atoms with Gasteiger partial charge in [-0.15, -0.1) is 0 Å². The Bertz CT molecular complexity index is 1720. The summed E-state index contributed by atoms with van der Waals surface area (Å²) in [4.78, 5) is 37.8. The molecule has 0 unspecified atom stereocenters. The quantitative estimate of drug-likeness (QED) is 0.0697. The molecule has 2 aromatic rings. The van der Waals surface area contributed by atoms with Gasteiger partial charge in [0.1, 0.15) is 16.9 Å². The number of benzene rings is 1. The summed E-state index contributed by atoms with van der Waals surface area (Å²) in [7, 11) is 1.03. The molecule has 2 N–H and O–H groups in total. The van der Waals surface area contributed by atoms with E-state index in [0.29, 0.717) is 48.5 Å². The van der Waals surface area contributed by atoms with Gasteiger partial charge in [0.05, 0.1) is 36.2 Å². The number of thiocarbonyl (C=S) groups is 1. The monoisotopic (exact) mass is 692 g/mol. The van der Waals surface area contributed by atoms with E-state index in [1.54, 1.807) is 24.3 Å². The summed E-state index contributed by atoms with van der Waals surface area (Å²) in [5.41, 5.74) is -0.167. The molecule has 0 amide bonds. The molecule has 0 fully saturated rings. The highest BCUT2D eigenvalue weighted by Gasteiger charge is 2.33. The Morgan fingerprint density at radius 2 is 1.94 bits per heavy atom. The number of rotatable bonds is 16. The van der Waals surface area contributed by atoms with Crippen molar-refractivity contribution in [1.29, 1.82) is 0 Å². The van der Waals surface area contributed by atoms with Crippen molar-refractivity contribution in [2.24, 2.45) is 0 Å². The van der Waals surface area contributed by atoms with Gasteiger partial charge in [-0.3, -0.25) is 9.59 Å². The fourth-order valence-corrected chi connectivity index (χ4v) is 5.28. The fraction of sp³-hybridized carbons (Fsp3) is 0.429. The minimum atomic E-state index is -4.56. The number of ketones is 1. The lowest BCUT2D eigenvalue weighted by molar-refractivity contribution is -0.140. The number of aromatic hydroxyl groups is 1. The van der Waals surface area contributed by atoms with Crippen molar-refractivity contribution in [3.05, 3.63) is 74.0 Å². The van der Waals surface area contributed by atoms with Crippen LogP contribution >= 0.6 is 12.2 Å². The van der Waals surface area contributed by atoms with Crippen molar-refractivity contribution >= 4 is 41.2 Å². The van der Waals surface area contributed by atoms with Gasteiger partial charge in [0.15, 0.2) is 11.2 Å². The van der Waals surface area contributed by atoms with E-state index in [2.05, 4.69) is 4.74 Å². The molecule has 1 aromatic heterocycles. The Morgan fingerprint density at radius 3 is 2.60 bits per heavy atom. The number of carbonyl (C=O) groups is 2. The maximum absolute atomic E-state index is 13.6. The third-order valence-electron chi connectivity index (χ3n) is 7.50. The van der Waals surface area contributed by atoms with Crippen LogP contribution in [-0.4, -0.2) is 53.0 Å². The van der Waals surface area contributed by atoms with Crippen LogP contribution in [0.25, 0.3) is 12.2 Å². The number of halogens is 3. The van der Waals surface area contributed by atoms with E-state index in [1.807, 2.05) is 6.92 Å². The van der Waals surface area contributed by atoms with E-state index in [-0.39, 0.29) is 39.7 Å². The first kappa shape index (κ1) is 38.2. The Kier molecular flexibility index (Phi) is 14.2. The number of fused-ring (bicyclic) bond motifs is 1. The lowest BCUT2D eigenvalue weighted by atomic mass is 9.90. The molecule has 3 rings (SSSR count). The molecule has 0 bridgehead atoms. The second-order valence-electron chi connectivity index (χ2n) is 11.1. The molecule has 48 heavy (non-hydrogen) atoms. The van der Waals surface area contributed by atoms with Crippen LogP contribution in [0.3, 0.4) is 0 Å². The number of allylic oxidation sites excluding steroid dienone is 3. The van der Waals surface area contributed by atoms with Gasteiger partial charge < -0.3 is 28.8 Å². The number of carbonyl (C=O) groups excluding carboxylic acids is 2. The molecule has 1 aliphatic rings.